The average Bonchev–Trinajstić information content (AvgIpc) is 2.94. The molecule has 0 unspecified atom stereocenters. The van der Waals surface area contributed by atoms with Crippen molar-refractivity contribution in [2.24, 2.45) is 0 Å². The monoisotopic (exact) mass is 393 g/mol. The van der Waals surface area contributed by atoms with Crippen LogP contribution in [0.3, 0.4) is 0 Å². The molecular formula is C20H31N3O3S. The Hall–Kier alpha value is -1.44. The van der Waals surface area contributed by atoms with Crippen LogP contribution in [0.2, 0.25) is 0 Å². The van der Waals surface area contributed by atoms with Gasteiger partial charge in [0.2, 0.25) is 15.9 Å². The van der Waals surface area contributed by atoms with E-state index in [1.165, 1.54) is 6.42 Å². The van der Waals surface area contributed by atoms with E-state index in [9.17, 15) is 13.2 Å². The Labute approximate surface area is 163 Å². The van der Waals surface area contributed by atoms with Crippen LogP contribution in [0, 0.1) is 0 Å². The number of likely N-dealkylation sites (tertiary alicyclic amines) is 1. The molecular weight excluding hydrogens is 362 g/mol. The summed E-state index contributed by atoms with van der Waals surface area (Å²) < 4.78 is 27.2. The van der Waals surface area contributed by atoms with Crippen molar-refractivity contribution in [3.8, 4) is 0 Å². The molecule has 1 aromatic rings. The van der Waals surface area contributed by atoms with E-state index in [0.717, 1.165) is 45.1 Å². The van der Waals surface area contributed by atoms with Crippen molar-refractivity contribution >= 4 is 21.6 Å². The second-order valence-electron chi connectivity index (χ2n) is 7.71. The van der Waals surface area contributed by atoms with Crippen LogP contribution in [-0.2, 0) is 14.8 Å². The summed E-state index contributed by atoms with van der Waals surface area (Å²) in [6.45, 7) is 4.69. The average molecular weight is 394 g/mol. The van der Waals surface area contributed by atoms with Crippen molar-refractivity contribution in [2.45, 2.75) is 62.8 Å². The van der Waals surface area contributed by atoms with Crippen LogP contribution in [0.5, 0.6) is 0 Å². The molecule has 27 heavy (non-hydrogen) atoms. The number of hydrogen-bond donors (Lipinski definition) is 1. The summed E-state index contributed by atoms with van der Waals surface area (Å²) in [5.74, 6) is -0.0492. The van der Waals surface area contributed by atoms with Crippen molar-refractivity contribution in [3.63, 3.8) is 0 Å². The number of benzene rings is 1. The molecule has 2 heterocycles. The van der Waals surface area contributed by atoms with Crippen LogP contribution >= 0.6 is 0 Å². The van der Waals surface area contributed by atoms with E-state index < -0.39 is 10.0 Å². The fourth-order valence-corrected chi connectivity index (χ4v) is 5.44. The maximum absolute atomic E-state index is 12.8. The molecule has 3 rings (SSSR count). The molecule has 0 aliphatic carbocycles. The molecule has 1 aromatic carbocycles. The van der Waals surface area contributed by atoms with Gasteiger partial charge in [-0.2, -0.15) is 4.31 Å². The number of carbonyl (C=O) groups excluding carboxylic acids is 1. The quantitative estimate of drug-likeness (QED) is 0.835. The first-order chi connectivity index (χ1) is 13.0. The lowest BCUT2D eigenvalue weighted by Gasteiger charge is -2.32. The summed E-state index contributed by atoms with van der Waals surface area (Å²) in [7, 11) is -3.45. The van der Waals surface area contributed by atoms with E-state index in [0.29, 0.717) is 36.3 Å². The Morgan fingerprint density at radius 2 is 1.63 bits per heavy atom. The van der Waals surface area contributed by atoms with Crippen LogP contribution in [0.4, 0.5) is 5.69 Å². The SMILES string of the molecule is C[C@@H]1CCCCN1CC(=O)Nc1ccc(S(=O)(=O)N2CCCCCC2)cc1. The van der Waals surface area contributed by atoms with Crippen LogP contribution in [-0.4, -0.2) is 55.8 Å². The van der Waals surface area contributed by atoms with Crippen molar-refractivity contribution in [1.82, 2.24) is 9.21 Å². The molecule has 0 radical (unpaired) electrons. The van der Waals surface area contributed by atoms with Crippen LogP contribution in [0.15, 0.2) is 29.2 Å². The van der Waals surface area contributed by atoms with Gasteiger partial charge in [0.1, 0.15) is 0 Å². The van der Waals surface area contributed by atoms with Gasteiger partial charge in [0, 0.05) is 24.8 Å². The molecule has 1 amide bonds. The molecule has 2 saturated heterocycles. The number of nitrogens with zero attached hydrogens (tertiary/aromatic N) is 2. The van der Waals surface area contributed by atoms with Gasteiger partial charge in [-0.1, -0.05) is 19.3 Å². The van der Waals surface area contributed by atoms with E-state index in [1.807, 2.05) is 0 Å². The highest BCUT2D eigenvalue weighted by molar-refractivity contribution is 7.89. The van der Waals surface area contributed by atoms with Crippen molar-refractivity contribution in [1.29, 1.82) is 0 Å². The molecule has 1 N–H and O–H groups in total. The molecule has 7 heteroatoms. The minimum atomic E-state index is -3.45. The van der Waals surface area contributed by atoms with E-state index in [4.69, 9.17) is 0 Å². The lowest BCUT2D eigenvalue weighted by Crippen LogP contribution is -2.42. The minimum absolute atomic E-state index is 0.0492. The van der Waals surface area contributed by atoms with Crippen molar-refractivity contribution < 1.29 is 13.2 Å². The second-order valence-corrected chi connectivity index (χ2v) is 9.64. The zero-order chi connectivity index (χ0) is 19.3. The summed E-state index contributed by atoms with van der Waals surface area (Å²) in [5, 5.41) is 2.89. The Bertz CT molecular complexity index is 725. The lowest BCUT2D eigenvalue weighted by molar-refractivity contribution is -0.118. The summed E-state index contributed by atoms with van der Waals surface area (Å²) in [6.07, 6.45) is 7.52. The first-order valence-electron chi connectivity index (χ1n) is 10.1. The highest BCUT2D eigenvalue weighted by Gasteiger charge is 2.25. The van der Waals surface area contributed by atoms with Gasteiger partial charge in [-0.3, -0.25) is 9.69 Å². The zero-order valence-electron chi connectivity index (χ0n) is 16.2. The highest BCUT2D eigenvalue weighted by atomic mass is 32.2. The molecule has 6 nitrogen and oxygen atoms in total. The molecule has 1 atom stereocenters. The Morgan fingerprint density at radius 3 is 2.26 bits per heavy atom. The fourth-order valence-electron chi connectivity index (χ4n) is 3.92. The van der Waals surface area contributed by atoms with Gasteiger partial charge in [0.05, 0.1) is 11.4 Å². The molecule has 0 bridgehead atoms. The van der Waals surface area contributed by atoms with Gasteiger partial charge in [-0.15, -0.1) is 0 Å². The maximum atomic E-state index is 12.8. The third-order valence-corrected chi connectivity index (χ3v) is 7.54. The number of rotatable bonds is 5. The van der Waals surface area contributed by atoms with Gasteiger partial charge >= 0.3 is 0 Å². The fraction of sp³-hybridized carbons (Fsp3) is 0.650. The summed E-state index contributed by atoms with van der Waals surface area (Å²) in [5.41, 5.74) is 0.638. The normalized spacial score (nSPS) is 22.9. The maximum Gasteiger partial charge on any atom is 0.243 e. The molecule has 2 aliphatic heterocycles. The van der Waals surface area contributed by atoms with Crippen LogP contribution in [0.25, 0.3) is 0 Å². The number of hydrogen-bond acceptors (Lipinski definition) is 4. The van der Waals surface area contributed by atoms with Gasteiger partial charge in [-0.05, 0) is 63.4 Å². The third kappa shape index (κ3) is 5.30. The predicted octanol–water partition coefficient (Wildman–Crippen LogP) is 3.06. The zero-order valence-corrected chi connectivity index (χ0v) is 17.0. The summed E-state index contributed by atoms with van der Waals surface area (Å²) in [4.78, 5) is 14.8. The molecule has 0 spiro atoms. The van der Waals surface area contributed by atoms with E-state index in [-0.39, 0.29) is 5.91 Å². The second kappa shape index (κ2) is 9.17. The number of piperidine rings is 1. The van der Waals surface area contributed by atoms with Gasteiger partial charge in [0.15, 0.2) is 0 Å². The van der Waals surface area contributed by atoms with Crippen molar-refractivity contribution in [2.75, 3.05) is 31.5 Å². The first kappa shape index (κ1) is 20.3. The number of carbonyl (C=O) groups is 1. The molecule has 150 valence electrons. The number of nitrogens with one attached hydrogen (secondary N) is 1. The first-order valence-corrected chi connectivity index (χ1v) is 11.5. The van der Waals surface area contributed by atoms with Gasteiger partial charge < -0.3 is 5.32 Å². The third-order valence-electron chi connectivity index (χ3n) is 5.63. The topological polar surface area (TPSA) is 69.7 Å². The van der Waals surface area contributed by atoms with Crippen LogP contribution in [0.1, 0.15) is 51.9 Å². The Morgan fingerprint density at radius 1 is 1.00 bits per heavy atom. The smallest absolute Gasteiger partial charge is 0.243 e. The molecule has 2 fully saturated rings. The largest absolute Gasteiger partial charge is 0.325 e. The number of amides is 1. The lowest BCUT2D eigenvalue weighted by atomic mass is 10.0. The minimum Gasteiger partial charge on any atom is -0.325 e. The van der Waals surface area contributed by atoms with E-state index in [1.54, 1.807) is 28.6 Å². The summed E-state index contributed by atoms with van der Waals surface area (Å²) in [6, 6.07) is 6.99. The molecule has 0 aromatic heterocycles. The van der Waals surface area contributed by atoms with E-state index in [2.05, 4.69) is 17.1 Å². The highest BCUT2D eigenvalue weighted by Crippen LogP contribution is 2.22. The van der Waals surface area contributed by atoms with Gasteiger partial charge in [-0.25, -0.2) is 8.42 Å². The number of anilines is 1. The van der Waals surface area contributed by atoms with Crippen molar-refractivity contribution in [3.05, 3.63) is 24.3 Å². The Balaban J connectivity index is 1.60. The summed E-state index contributed by atoms with van der Waals surface area (Å²) >= 11 is 0. The van der Waals surface area contributed by atoms with E-state index >= 15 is 0 Å². The molecule has 0 saturated carbocycles. The predicted molar refractivity (Wildman–Crippen MR) is 107 cm³/mol. The van der Waals surface area contributed by atoms with Crippen LogP contribution < -0.4 is 5.32 Å². The Kier molecular flexibility index (Phi) is 6.89. The molecule has 2 aliphatic rings. The standard InChI is InChI=1S/C20H31N3O3S/c1-17-8-4-7-13-22(17)16-20(24)21-18-9-11-19(12-10-18)27(25,26)23-14-5-2-3-6-15-23/h9-12,17H,2-8,13-16H2,1H3,(H,21,24)/t17-/m1/s1. The number of sulfonamides is 1. The van der Waals surface area contributed by atoms with Gasteiger partial charge in [0.25, 0.3) is 0 Å².